The van der Waals surface area contributed by atoms with Crippen molar-refractivity contribution < 1.29 is 4.74 Å². The molecular formula is C17H35IN4O. The maximum Gasteiger partial charge on any atom is 0.191 e. The highest BCUT2D eigenvalue weighted by Crippen LogP contribution is 2.23. The average Bonchev–Trinajstić information content (AvgIpc) is 2.95. The van der Waals surface area contributed by atoms with Crippen molar-refractivity contribution in [3.63, 3.8) is 0 Å². The summed E-state index contributed by atoms with van der Waals surface area (Å²) in [5, 5.41) is 6.87. The minimum absolute atomic E-state index is 0. The van der Waals surface area contributed by atoms with Gasteiger partial charge in [-0.05, 0) is 51.6 Å². The first-order valence-corrected chi connectivity index (χ1v) is 8.92. The van der Waals surface area contributed by atoms with Crippen LogP contribution in [0.1, 0.15) is 46.0 Å². The van der Waals surface area contributed by atoms with Crippen molar-refractivity contribution in [2.75, 3.05) is 46.4 Å². The van der Waals surface area contributed by atoms with Crippen LogP contribution >= 0.6 is 24.0 Å². The largest absolute Gasteiger partial charge is 0.373 e. The number of ether oxygens (including phenoxy) is 1. The van der Waals surface area contributed by atoms with E-state index in [1.807, 2.05) is 7.05 Å². The lowest BCUT2D eigenvalue weighted by Crippen LogP contribution is -2.47. The highest BCUT2D eigenvalue weighted by Gasteiger charge is 2.29. The lowest BCUT2D eigenvalue weighted by atomic mass is 10.0. The molecule has 0 aromatic rings. The van der Waals surface area contributed by atoms with E-state index in [0.29, 0.717) is 5.92 Å². The topological polar surface area (TPSA) is 48.9 Å². The van der Waals surface area contributed by atoms with Gasteiger partial charge in [0.1, 0.15) is 0 Å². The summed E-state index contributed by atoms with van der Waals surface area (Å²) in [6, 6.07) is 0. The SMILES string of the molecule is CN=C(NCC(C)CN1CCCCC1)NCC1(C)CCCO1.I. The Balaban J connectivity index is 0.00000264. The first-order valence-electron chi connectivity index (χ1n) is 8.92. The summed E-state index contributed by atoms with van der Waals surface area (Å²) in [4.78, 5) is 6.92. The second kappa shape index (κ2) is 10.7. The van der Waals surface area contributed by atoms with E-state index in [0.717, 1.165) is 38.5 Å². The molecule has 2 fully saturated rings. The van der Waals surface area contributed by atoms with E-state index in [-0.39, 0.29) is 29.6 Å². The zero-order valence-corrected chi connectivity index (χ0v) is 17.4. The fourth-order valence-corrected chi connectivity index (χ4v) is 3.39. The Hall–Kier alpha value is -0.0800. The normalized spacial score (nSPS) is 27.3. The molecule has 0 amide bonds. The van der Waals surface area contributed by atoms with Gasteiger partial charge in [0.15, 0.2) is 5.96 Å². The summed E-state index contributed by atoms with van der Waals surface area (Å²) in [6.07, 6.45) is 6.42. The number of nitrogens with zero attached hydrogens (tertiary/aromatic N) is 2. The molecule has 2 heterocycles. The average molecular weight is 438 g/mol. The highest BCUT2D eigenvalue weighted by molar-refractivity contribution is 14.0. The number of nitrogens with one attached hydrogen (secondary N) is 2. The summed E-state index contributed by atoms with van der Waals surface area (Å²) in [5.41, 5.74) is -0.0307. The molecule has 0 aromatic heterocycles. The first-order chi connectivity index (χ1) is 10.6. The molecule has 5 nitrogen and oxygen atoms in total. The summed E-state index contributed by atoms with van der Waals surface area (Å²) >= 11 is 0. The standard InChI is InChI=1S/C17H34N4O.HI/c1-15(13-21-9-5-4-6-10-21)12-19-16(18-3)20-14-17(2)8-7-11-22-17;/h15H,4-14H2,1-3H3,(H2,18,19,20);1H. The fourth-order valence-electron chi connectivity index (χ4n) is 3.39. The van der Waals surface area contributed by atoms with Crippen molar-refractivity contribution in [1.82, 2.24) is 15.5 Å². The maximum absolute atomic E-state index is 5.81. The van der Waals surface area contributed by atoms with Crippen molar-refractivity contribution in [2.24, 2.45) is 10.9 Å². The summed E-state index contributed by atoms with van der Waals surface area (Å²) in [5.74, 6) is 1.53. The molecule has 2 aliphatic rings. The maximum atomic E-state index is 5.81. The third-order valence-electron chi connectivity index (χ3n) is 4.79. The Bertz CT molecular complexity index is 353. The molecule has 136 valence electrons. The quantitative estimate of drug-likeness (QED) is 0.380. The molecule has 2 atom stereocenters. The van der Waals surface area contributed by atoms with Gasteiger partial charge in [-0.25, -0.2) is 0 Å². The number of likely N-dealkylation sites (tertiary alicyclic amines) is 1. The van der Waals surface area contributed by atoms with Crippen LogP contribution < -0.4 is 10.6 Å². The van der Waals surface area contributed by atoms with Gasteiger partial charge in [0, 0.05) is 33.3 Å². The van der Waals surface area contributed by atoms with Crippen LogP contribution in [0, 0.1) is 5.92 Å². The predicted molar refractivity (Wildman–Crippen MR) is 108 cm³/mol. The van der Waals surface area contributed by atoms with Crippen molar-refractivity contribution in [1.29, 1.82) is 0 Å². The van der Waals surface area contributed by atoms with Crippen LogP contribution in [0.2, 0.25) is 0 Å². The van der Waals surface area contributed by atoms with Gasteiger partial charge in [-0.3, -0.25) is 4.99 Å². The molecule has 2 saturated heterocycles. The molecule has 0 spiro atoms. The third kappa shape index (κ3) is 7.56. The van der Waals surface area contributed by atoms with Crippen LogP contribution in [0.4, 0.5) is 0 Å². The molecular weight excluding hydrogens is 403 g/mol. The minimum Gasteiger partial charge on any atom is -0.373 e. The van der Waals surface area contributed by atoms with E-state index in [9.17, 15) is 0 Å². The second-order valence-electron chi connectivity index (χ2n) is 7.18. The minimum atomic E-state index is -0.0307. The van der Waals surface area contributed by atoms with Crippen LogP contribution in [-0.4, -0.2) is 62.8 Å². The molecule has 0 aromatic carbocycles. The van der Waals surface area contributed by atoms with Crippen LogP contribution in [-0.2, 0) is 4.74 Å². The Morgan fingerprint density at radius 1 is 1.22 bits per heavy atom. The van der Waals surface area contributed by atoms with E-state index in [2.05, 4.69) is 34.4 Å². The summed E-state index contributed by atoms with van der Waals surface area (Å²) in [7, 11) is 1.84. The van der Waals surface area contributed by atoms with Gasteiger partial charge in [0.25, 0.3) is 0 Å². The molecule has 23 heavy (non-hydrogen) atoms. The van der Waals surface area contributed by atoms with E-state index < -0.39 is 0 Å². The van der Waals surface area contributed by atoms with Crippen molar-refractivity contribution in [3.05, 3.63) is 0 Å². The van der Waals surface area contributed by atoms with Gasteiger partial charge < -0.3 is 20.3 Å². The van der Waals surface area contributed by atoms with Crippen molar-refractivity contribution in [3.8, 4) is 0 Å². The molecule has 6 heteroatoms. The monoisotopic (exact) mass is 438 g/mol. The van der Waals surface area contributed by atoms with Gasteiger partial charge in [-0.2, -0.15) is 0 Å². The number of halogens is 1. The van der Waals surface area contributed by atoms with Gasteiger partial charge in [0.05, 0.1) is 5.60 Å². The Kier molecular flexibility index (Phi) is 9.77. The molecule has 0 saturated carbocycles. The first kappa shape index (κ1) is 21.0. The molecule has 2 rings (SSSR count). The number of guanidine groups is 1. The van der Waals surface area contributed by atoms with E-state index in [1.165, 1.54) is 38.9 Å². The fraction of sp³-hybridized carbons (Fsp3) is 0.941. The Morgan fingerprint density at radius 3 is 2.57 bits per heavy atom. The van der Waals surface area contributed by atoms with E-state index in [4.69, 9.17) is 4.74 Å². The van der Waals surface area contributed by atoms with Gasteiger partial charge >= 0.3 is 0 Å². The third-order valence-corrected chi connectivity index (χ3v) is 4.79. The zero-order chi connectivity index (χ0) is 15.8. The molecule has 0 aliphatic carbocycles. The van der Waals surface area contributed by atoms with E-state index in [1.54, 1.807) is 0 Å². The number of piperidine rings is 1. The van der Waals surface area contributed by atoms with Gasteiger partial charge in [0.2, 0.25) is 0 Å². The van der Waals surface area contributed by atoms with Crippen LogP contribution in [0.5, 0.6) is 0 Å². The molecule has 2 unspecified atom stereocenters. The molecule has 0 radical (unpaired) electrons. The number of aliphatic imine (C=N–C) groups is 1. The summed E-state index contributed by atoms with van der Waals surface area (Å²) < 4.78 is 5.81. The van der Waals surface area contributed by atoms with Crippen LogP contribution in [0.15, 0.2) is 4.99 Å². The number of hydrogen-bond acceptors (Lipinski definition) is 3. The second-order valence-corrected chi connectivity index (χ2v) is 7.18. The predicted octanol–water partition coefficient (Wildman–Crippen LogP) is 2.46. The molecule has 2 N–H and O–H groups in total. The van der Waals surface area contributed by atoms with Crippen molar-refractivity contribution in [2.45, 2.75) is 51.6 Å². The van der Waals surface area contributed by atoms with Gasteiger partial charge in [-0.15, -0.1) is 24.0 Å². The molecule has 0 bridgehead atoms. The number of rotatable bonds is 6. The van der Waals surface area contributed by atoms with E-state index >= 15 is 0 Å². The lowest BCUT2D eigenvalue weighted by molar-refractivity contribution is 0.0242. The van der Waals surface area contributed by atoms with Gasteiger partial charge in [-0.1, -0.05) is 13.3 Å². The van der Waals surface area contributed by atoms with Crippen molar-refractivity contribution >= 4 is 29.9 Å². The smallest absolute Gasteiger partial charge is 0.191 e. The van der Waals surface area contributed by atoms with Crippen LogP contribution in [0.3, 0.4) is 0 Å². The van der Waals surface area contributed by atoms with Crippen LogP contribution in [0.25, 0.3) is 0 Å². The lowest BCUT2D eigenvalue weighted by Gasteiger charge is -2.29. The Morgan fingerprint density at radius 2 is 1.96 bits per heavy atom. The molecule has 2 aliphatic heterocycles. The summed E-state index contributed by atoms with van der Waals surface area (Å²) in [6.45, 7) is 10.9. The highest BCUT2D eigenvalue weighted by atomic mass is 127. The zero-order valence-electron chi connectivity index (χ0n) is 15.1. The Labute approximate surface area is 159 Å². The number of hydrogen-bond donors (Lipinski definition) is 2.